The first kappa shape index (κ1) is 28.2. The highest BCUT2D eigenvalue weighted by Gasteiger charge is 2.34. The summed E-state index contributed by atoms with van der Waals surface area (Å²) in [6, 6.07) is 19.6. The van der Waals surface area contributed by atoms with Crippen molar-refractivity contribution < 1.29 is 29.0 Å². The molecule has 0 amide bonds. The molecule has 0 saturated carbocycles. The fourth-order valence-corrected chi connectivity index (χ4v) is 3.54. The molecular formula is C27H36O6. The van der Waals surface area contributed by atoms with Crippen molar-refractivity contribution in [3.63, 3.8) is 0 Å². The Kier molecular flexibility index (Phi) is 12.9. The lowest BCUT2D eigenvalue weighted by Gasteiger charge is -2.30. The number of carboxylic acid groups (broad SMARTS) is 1. The lowest BCUT2D eigenvalue weighted by atomic mass is 9.85. The van der Waals surface area contributed by atoms with E-state index in [-0.39, 0.29) is 24.1 Å². The SMILES string of the molecule is COC(CCCCC(=O)O)(Cc1ccccc1)C(C)=O.COC(Cc1ccccc1)C(C)=O. The maximum Gasteiger partial charge on any atom is 0.303 e. The van der Waals surface area contributed by atoms with Crippen LogP contribution in [0.3, 0.4) is 0 Å². The largest absolute Gasteiger partial charge is 0.481 e. The fourth-order valence-electron chi connectivity index (χ4n) is 3.54. The molecule has 2 unspecified atom stereocenters. The molecule has 0 saturated heterocycles. The van der Waals surface area contributed by atoms with Crippen LogP contribution in [-0.4, -0.2) is 48.6 Å². The van der Waals surface area contributed by atoms with Crippen molar-refractivity contribution in [2.45, 2.75) is 64.1 Å². The van der Waals surface area contributed by atoms with Gasteiger partial charge < -0.3 is 14.6 Å². The van der Waals surface area contributed by atoms with Crippen LogP contribution < -0.4 is 0 Å². The van der Waals surface area contributed by atoms with Gasteiger partial charge in [0.2, 0.25) is 0 Å². The van der Waals surface area contributed by atoms with Crippen molar-refractivity contribution in [2.24, 2.45) is 0 Å². The highest BCUT2D eigenvalue weighted by molar-refractivity contribution is 5.85. The second-order valence-corrected chi connectivity index (χ2v) is 8.04. The molecular weight excluding hydrogens is 420 g/mol. The minimum absolute atomic E-state index is 0.0146. The molecule has 1 N–H and O–H groups in total. The minimum Gasteiger partial charge on any atom is -0.481 e. The second kappa shape index (κ2) is 15.1. The van der Waals surface area contributed by atoms with Crippen LogP contribution >= 0.6 is 0 Å². The Morgan fingerprint density at radius 1 is 0.879 bits per heavy atom. The van der Waals surface area contributed by atoms with Crippen molar-refractivity contribution in [3.05, 3.63) is 71.8 Å². The molecule has 6 heteroatoms. The first-order valence-corrected chi connectivity index (χ1v) is 11.1. The van der Waals surface area contributed by atoms with E-state index in [0.717, 1.165) is 11.1 Å². The molecule has 0 fully saturated rings. The van der Waals surface area contributed by atoms with Gasteiger partial charge in [-0.05, 0) is 44.2 Å². The van der Waals surface area contributed by atoms with Crippen LogP contribution in [0.1, 0.15) is 50.7 Å². The van der Waals surface area contributed by atoms with Crippen LogP contribution in [0.15, 0.2) is 60.7 Å². The van der Waals surface area contributed by atoms with Gasteiger partial charge >= 0.3 is 5.97 Å². The summed E-state index contributed by atoms with van der Waals surface area (Å²) in [7, 11) is 3.11. The van der Waals surface area contributed by atoms with E-state index < -0.39 is 11.6 Å². The lowest BCUT2D eigenvalue weighted by Crippen LogP contribution is -2.41. The number of benzene rings is 2. The summed E-state index contributed by atoms with van der Waals surface area (Å²) in [6.45, 7) is 3.08. The normalized spacial score (nSPS) is 13.2. The quantitative estimate of drug-likeness (QED) is 0.440. The van der Waals surface area contributed by atoms with E-state index >= 15 is 0 Å². The van der Waals surface area contributed by atoms with Crippen molar-refractivity contribution in [2.75, 3.05) is 14.2 Å². The first-order chi connectivity index (χ1) is 15.7. The molecule has 0 heterocycles. The monoisotopic (exact) mass is 456 g/mol. The molecule has 33 heavy (non-hydrogen) atoms. The van der Waals surface area contributed by atoms with Gasteiger partial charge in [-0.3, -0.25) is 14.4 Å². The summed E-state index contributed by atoms with van der Waals surface area (Å²) < 4.78 is 10.6. The summed E-state index contributed by atoms with van der Waals surface area (Å²) >= 11 is 0. The number of hydrogen-bond acceptors (Lipinski definition) is 5. The van der Waals surface area contributed by atoms with Crippen LogP contribution in [0, 0.1) is 0 Å². The lowest BCUT2D eigenvalue weighted by molar-refractivity contribution is -0.140. The number of hydrogen-bond donors (Lipinski definition) is 1. The molecule has 0 aromatic heterocycles. The number of carbonyl (C=O) groups is 3. The molecule has 2 rings (SSSR count). The highest BCUT2D eigenvalue weighted by atomic mass is 16.5. The smallest absolute Gasteiger partial charge is 0.303 e. The third kappa shape index (κ3) is 10.6. The summed E-state index contributed by atoms with van der Waals surface area (Å²) in [4.78, 5) is 33.6. The average Bonchev–Trinajstić information content (AvgIpc) is 2.80. The number of unbranched alkanes of at least 4 members (excludes halogenated alkanes) is 1. The second-order valence-electron chi connectivity index (χ2n) is 8.04. The number of Topliss-reactive ketones (excluding diaryl/α,β-unsaturated/α-hetero) is 2. The van der Waals surface area contributed by atoms with E-state index in [1.165, 1.54) is 6.92 Å². The molecule has 0 spiro atoms. The Labute approximate surface area is 196 Å². The predicted octanol–water partition coefficient (Wildman–Crippen LogP) is 4.68. The summed E-state index contributed by atoms with van der Waals surface area (Å²) in [5, 5.41) is 8.65. The van der Waals surface area contributed by atoms with Gasteiger partial charge in [-0.2, -0.15) is 0 Å². The Bertz CT molecular complexity index is 849. The van der Waals surface area contributed by atoms with Crippen LogP contribution in [0.4, 0.5) is 0 Å². The van der Waals surface area contributed by atoms with Gasteiger partial charge in [-0.25, -0.2) is 0 Å². The number of ether oxygens (including phenoxy) is 2. The maximum atomic E-state index is 12.0. The molecule has 0 aliphatic heterocycles. The van der Waals surface area contributed by atoms with Gasteiger partial charge in [0.25, 0.3) is 0 Å². The molecule has 180 valence electrons. The van der Waals surface area contributed by atoms with E-state index in [1.54, 1.807) is 21.1 Å². The van der Waals surface area contributed by atoms with E-state index in [9.17, 15) is 14.4 Å². The third-order valence-electron chi connectivity index (χ3n) is 5.59. The molecule has 0 aliphatic carbocycles. The van der Waals surface area contributed by atoms with Gasteiger partial charge in [0, 0.05) is 33.5 Å². The standard InChI is InChI=1S/C16H22O4.C11H14O2/c1-13(17)16(20-2,11-7-6-10-15(18)19)12-14-8-4-3-5-9-14;1-9(12)11(13-2)8-10-6-4-3-5-7-10/h3-5,8-9H,6-7,10-12H2,1-2H3,(H,18,19);3-7,11H,8H2,1-2H3. The molecule has 2 aromatic rings. The first-order valence-electron chi connectivity index (χ1n) is 11.1. The van der Waals surface area contributed by atoms with Crippen molar-refractivity contribution in [1.82, 2.24) is 0 Å². The van der Waals surface area contributed by atoms with Crippen LogP contribution in [0.25, 0.3) is 0 Å². The zero-order valence-electron chi connectivity index (χ0n) is 20.1. The Morgan fingerprint density at radius 3 is 1.85 bits per heavy atom. The summed E-state index contributed by atoms with van der Waals surface area (Å²) in [5.41, 5.74) is 1.33. The number of methoxy groups -OCH3 is 2. The van der Waals surface area contributed by atoms with Gasteiger partial charge in [-0.15, -0.1) is 0 Å². The fraction of sp³-hybridized carbons (Fsp3) is 0.444. The zero-order valence-corrected chi connectivity index (χ0v) is 20.1. The summed E-state index contributed by atoms with van der Waals surface area (Å²) in [6.07, 6.45) is 2.76. The topological polar surface area (TPSA) is 89.9 Å². The van der Waals surface area contributed by atoms with Crippen molar-refractivity contribution >= 4 is 17.5 Å². The minimum atomic E-state index is -0.847. The van der Waals surface area contributed by atoms with E-state index in [2.05, 4.69) is 0 Å². The van der Waals surface area contributed by atoms with Crippen LogP contribution in [0.2, 0.25) is 0 Å². The van der Waals surface area contributed by atoms with Crippen molar-refractivity contribution in [3.8, 4) is 0 Å². The Morgan fingerprint density at radius 2 is 1.42 bits per heavy atom. The molecule has 0 radical (unpaired) electrons. The van der Waals surface area contributed by atoms with Gasteiger partial charge in [0.05, 0.1) is 0 Å². The predicted molar refractivity (Wildman–Crippen MR) is 128 cm³/mol. The molecule has 0 aliphatic rings. The van der Waals surface area contributed by atoms with Gasteiger partial charge in [0.1, 0.15) is 11.7 Å². The summed E-state index contributed by atoms with van der Waals surface area (Å²) in [5.74, 6) is -0.746. The number of ketones is 2. The van der Waals surface area contributed by atoms with Crippen LogP contribution in [0.5, 0.6) is 0 Å². The van der Waals surface area contributed by atoms with E-state index in [0.29, 0.717) is 32.1 Å². The van der Waals surface area contributed by atoms with Gasteiger partial charge in [0.15, 0.2) is 11.6 Å². The highest BCUT2D eigenvalue weighted by Crippen LogP contribution is 2.25. The number of carboxylic acids is 1. The molecule has 0 bridgehead atoms. The van der Waals surface area contributed by atoms with Crippen LogP contribution in [-0.2, 0) is 36.7 Å². The number of rotatable bonds is 13. The Hall–Kier alpha value is -2.83. The average molecular weight is 457 g/mol. The zero-order chi connectivity index (χ0) is 24.7. The maximum absolute atomic E-state index is 12.0. The van der Waals surface area contributed by atoms with Crippen molar-refractivity contribution in [1.29, 1.82) is 0 Å². The Balaban J connectivity index is 0.000000361. The van der Waals surface area contributed by atoms with E-state index in [1.807, 2.05) is 60.7 Å². The molecule has 2 aromatic carbocycles. The van der Waals surface area contributed by atoms with E-state index in [4.69, 9.17) is 14.6 Å². The number of carbonyl (C=O) groups excluding carboxylic acids is 2. The number of aliphatic carboxylic acids is 1. The van der Waals surface area contributed by atoms with Gasteiger partial charge in [-0.1, -0.05) is 60.7 Å². The molecule has 2 atom stereocenters. The third-order valence-corrected chi connectivity index (χ3v) is 5.59. The molecule has 6 nitrogen and oxygen atoms in total.